The van der Waals surface area contributed by atoms with Gasteiger partial charge in [-0.25, -0.2) is 23.8 Å². The fourth-order valence-electron chi connectivity index (χ4n) is 4.21. The van der Waals surface area contributed by atoms with Crippen LogP contribution in [0, 0.1) is 5.82 Å². The number of benzene rings is 1. The van der Waals surface area contributed by atoms with E-state index < -0.39 is 36.4 Å². The zero-order valence-corrected chi connectivity index (χ0v) is 25.9. The lowest BCUT2D eigenvalue weighted by atomic mass is 10.1. The highest BCUT2D eigenvalue weighted by atomic mass is 19.4. The molecule has 1 saturated heterocycles. The third-order valence-electron chi connectivity index (χ3n) is 6.64. The van der Waals surface area contributed by atoms with Crippen LogP contribution < -0.4 is 0 Å². The standard InChI is InChI=1S/C24H24FN5.3C2HF3O2/c1-28-13-14-29(15-19-5-2-3-6-20(19)25)17-23(28)21-16-30-22(7-4-8-24(30)27-21)18-9-11-26-12-10-18;3*3-2(4,5)1(6)7/h2-12,16,23H,13-15,17H2,1H3;3*(H,6,7). The second-order valence-corrected chi connectivity index (χ2v) is 10.3. The van der Waals surface area contributed by atoms with Crippen molar-refractivity contribution in [2.75, 3.05) is 26.7 Å². The van der Waals surface area contributed by atoms with E-state index in [9.17, 15) is 43.9 Å². The van der Waals surface area contributed by atoms with E-state index in [0.29, 0.717) is 6.54 Å². The summed E-state index contributed by atoms with van der Waals surface area (Å²) >= 11 is 0. The number of imidazole rings is 1. The number of hydrogen-bond donors (Lipinski definition) is 3. The highest BCUT2D eigenvalue weighted by molar-refractivity contribution is 5.73. The minimum Gasteiger partial charge on any atom is -0.475 e. The fourth-order valence-corrected chi connectivity index (χ4v) is 4.21. The van der Waals surface area contributed by atoms with Crippen LogP contribution in [0.15, 0.2) is 73.2 Å². The Hall–Kier alpha value is -5.31. The van der Waals surface area contributed by atoms with E-state index >= 15 is 0 Å². The van der Waals surface area contributed by atoms with E-state index in [1.54, 1.807) is 6.07 Å². The minimum atomic E-state index is -5.08. The Labute approximate surface area is 281 Å². The number of rotatable bonds is 4. The first-order valence-corrected chi connectivity index (χ1v) is 14.0. The first-order chi connectivity index (χ1) is 23.5. The lowest BCUT2D eigenvalue weighted by Gasteiger charge is -2.38. The molecule has 0 bridgehead atoms. The van der Waals surface area contributed by atoms with Crippen molar-refractivity contribution >= 4 is 23.6 Å². The van der Waals surface area contributed by atoms with Crippen LogP contribution in [0.2, 0.25) is 0 Å². The van der Waals surface area contributed by atoms with E-state index in [1.807, 2.05) is 48.8 Å². The van der Waals surface area contributed by atoms with Gasteiger partial charge >= 0.3 is 36.4 Å². The van der Waals surface area contributed by atoms with Crippen molar-refractivity contribution in [3.05, 3.63) is 90.3 Å². The van der Waals surface area contributed by atoms with E-state index in [-0.39, 0.29) is 11.9 Å². The Morgan fingerprint density at radius 3 is 1.76 bits per heavy atom. The number of pyridine rings is 2. The SMILES string of the molecule is CN1CCN(Cc2ccccc2F)CC1c1cn2c(-c3ccncc3)cccc2n1.O=C(O)C(F)(F)F.O=C(O)C(F)(F)F.O=C(O)C(F)(F)F. The average Bonchev–Trinajstić information content (AvgIpc) is 3.47. The highest BCUT2D eigenvalue weighted by Gasteiger charge is 2.39. The van der Waals surface area contributed by atoms with Gasteiger partial charge in [-0.15, -0.1) is 0 Å². The van der Waals surface area contributed by atoms with Gasteiger partial charge in [0, 0.05) is 55.9 Å². The molecule has 3 aromatic heterocycles. The molecule has 1 fully saturated rings. The zero-order chi connectivity index (χ0) is 38.7. The predicted molar refractivity (Wildman–Crippen MR) is 157 cm³/mol. The normalized spacial score (nSPS) is 15.3. The molecule has 5 rings (SSSR count). The predicted octanol–water partition coefficient (Wildman–Crippen LogP) is 5.92. The van der Waals surface area contributed by atoms with E-state index in [0.717, 1.165) is 47.8 Å². The molecule has 21 heteroatoms. The van der Waals surface area contributed by atoms with Crippen molar-refractivity contribution in [3.8, 4) is 11.3 Å². The zero-order valence-electron chi connectivity index (χ0n) is 25.9. The molecule has 1 atom stereocenters. The number of likely N-dealkylation sites (N-methyl/N-ethyl adjacent to an activating group) is 1. The van der Waals surface area contributed by atoms with Gasteiger partial charge in [0.1, 0.15) is 11.5 Å². The molecule has 3 N–H and O–H groups in total. The van der Waals surface area contributed by atoms with Gasteiger partial charge in [0.15, 0.2) is 0 Å². The second-order valence-electron chi connectivity index (χ2n) is 10.3. The molecule has 0 aliphatic carbocycles. The number of fused-ring (bicyclic) bond motifs is 1. The Morgan fingerprint density at radius 1 is 0.765 bits per heavy atom. The number of hydrogen-bond acceptors (Lipinski definition) is 7. The van der Waals surface area contributed by atoms with Crippen molar-refractivity contribution < 1.29 is 73.6 Å². The second kappa shape index (κ2) is 17.6. The fraction of sp³-hybridized carbons (Fsp3) is 0.300. The van der Waals surface area contributed by atoms with Crippen LogP contribution in [0.5, 0.6) is 0 Å². The molecule has 0 radical (unpaired) electrons. The largest absolute Gasteiger partial charge is 0.490 e. The summed E-state index contributed by atoms with van der Waals surface area (Å²) in [4.78, 5) is 40.4. The van der Waals surface area contributed by atoms with Gasteiger partial charge in [-0.05, 0) is 37.4 Å². The van der Waals surface area contributed by atoms with E-state index in [2.05, 4.69) is 38.5 Å². The van der Waals surface area contributed by atoms with E-state index in [1.165, 1.54) is 6.07 Å². The number of piperazine rings is 1. The van der Waals surface area contributed by atoms with Crippen molar-refractivity contribution in [2.45, 2.75) is 31.1 Å². The summed E-state index contributed by atoms with van der Waals surface area (Å²) in [5, 5.41) is 21.4. The molecule has 11 nitrogen and oxygen atoms in total. The van der Waals surface area contributed by atoms with Crippen LogP contribution in [-0.4, -0.2) is 103 Å². The van der Waals surface area contributed by atoms with Gasteiger partial charge in [-0.2, -0.15) is 39.5 Å². The third-order valence-corrected chi connectivity index (χ3v) is 6.64. The molecule has 4 aromatic rings. The number of nitrogens with zero attached hydrogens (tertiary/aromatic N) is 5. The summed E-state index contributed by atoms with van der Waals surface area (Å²) < 4.78 is 111. The number of halogens is 10. The molecule has 278 valence electrons. The topological polar surface area (TPSA) is 149 Å². The van der Waals surface area contributed by atoms with Crippen LogP contribution in [-0.2, 0) is 20.9 Å². The molecular formula is C30H27F10N5O6. The first kappa shape index (κ1) is 41.9. The highest BCUT2D eigenvalue weighted by Crippen LogP contribution is 2.28. The van der Waals surface area contributed by atoms with Gasteiger partial charge in [-0.3, -0.25) is 19.2 Å². The molecule has 1 aliphatic heterocycles. The molecule has 0 amide bonds. The van der Waals surface area contributed by atoms with Crippen molar-refractivity contribution in [2.24, 2.45) is 0 Å². The molecule has 51 heavy (non-hydrogen) atoms. The van der Waals surface area contributed by atoms with Gasteiger partial charge in [-0.1, -0.05) is 24.3 Å². The minimum absolute atomic E-state index is 0.136. The number of carboxylic acids is 3. The van der Waals surface area contributed by atoms with Crippen LogP contribution >= 0.6 is 0 Å². The maximum atomic E-state index is 14.1. The first-order valence-electron chi connectivity index (χ1n) is 14.0. The maximum absolute atomic E-state index is 14.1. The molecule has 1 aliphatic rings. The Balaban J connectivity index is 0.000000352. The summed E-state index contributed by atoms with van der Waals surface area (Å²) in [6.45, 7) is 3.27. The van der Waals surface area contributed by atoms with Crippen LogP contribution in [0.3, 0.4) is 0 Å². The van der Waals surface area contributed by atoms with Gasteiger partial charge in [0.05, 0.1) is 17.4 Å². The van der Waals surface area contributed by atoms with Crippen LogP contribution in [0.1, 0.15) is 17.3 Å². The lowest BCUT2D eigenvalue weighted by molar-refractivity contribution is -0.193. The molecule has 4 heterocycles. The summed E-state index contributed by atoms with van der Waals surface area (Å²) in [7, 11) is 2.14. The number of alkyl halides is 9. The summed E-state index contributed by atoms with van der Waals surface area (Å²) in [5.74, 6) is -8.41. The number of carboxylic acid groups (broad SMARTS) is 3. The van der Waals surface area contributed by atoms with Crippen LogP contribution in [0.25, 0.3) is 16.9 Å². The van der Waals surface area contributed by atoms with Gasteiger partial charge < -0.3 is 15.3 Å². The Kier molecular flexibility index (Phi) is 14.4. The van der Waals surface area contributed by atoms with Crippen molar-refractivity contribution in [3.63, 3.8) is 0 Å². The molecule has 1 unspecified atom stereocenters. The van der Waals surface area contributed by atoms with Crippen molar-refractivity contribution in [1.29, 1.82) is 0 Å². The number of aliphatic carboxylic acids is 3. The maximum Gasteiger partial charge on any atom is 0.490 e. The molecular weight excluding hydrogens is 716 g/mol. The molecule has 0 saturated carbocycles. The quantitative estimate of drug-likeness (QED) is 0.215. The molecule has 1 aromatic carbocycles. The Morgan fingerprint density at radius 2 is 1.27 bits per heavy atom. The van der Waals surface area contributed by atoms with Crippen molar-refractivity contribution in [1.82, 2.24) is 24.2 Å². The van der Waals surface area contributed by atoms with Gasteiger partial charge in [0.2, 0.25) is 0 Å². The Bertz CT molecular complexity index is 1710. The third kappa shape index (κ3) is 13.2. The molecule has 0 spiro atoms. The van der Waals surface area contributed by atoms with Gasteiger partial charge in [0.25, 0.3) is 0 Å². The summed E-state index contributed by atoms with van der Waals surface area (Å²) in [5.41, 5.74) is 4.92. The van der Waals surface area contributed by atoms with E-state index in [4.69, 9.17) is 34.7 Å². The lowest BCUT2D eigenvalue weighted by Crippen LogP contribution is -2.46. The average molecular weight is 744 g/mol. The monoisotopic (exact) mass is 743 g/mol. The summed E-state index contributed by atoms with van der Waals surface area (Å²) in [6, 6.07) is 17.4. The number of aromatic nitrogens is 3. The number of carbonyl (C=O) groups is 3. The summed E-state index contributed by atoms with van der Waals surface area (Å²) in [6.07, 6.45) is -9.50. The van der Waals surface area contributed by atoms with Crippen LogP contribution in [0.4, 0.5) is 43.9 Å². The smallest absolute Gasteiger partial charge is 0.475 e.